The first-order valence-corrected chi connectivity index (χ1v) is 17.7. The van der Waals surface area contributed by atoms with E-state index in [1.165, 1.54) is 17.6 Å². The van der Waals surface area contributed by atoms with Crippen molar-refractivity contribution in [1.29, 1.82) is 0 Å². The van der Waals surface area contributed by atoms with E-state index in [1.54, 1.807) is 17.2 Å². The Kier molecular flexibility index (Phi) is 11.0. The summed E-state index contributed by atoms with van der Waals surface area (Å²) in [6.45, 7) is 6.63. The molecule has 0 saturated carbocycles. The molecule has 2 N–H and O–H groups in total. The lowest BCUT2D eigenvalue weighted by Crippen LogP contribution is -2.41. The Bertz CT molecular complexity index is 1920. The van der Waals surface area contributed by atoms with Gasteiger partial charge >= 0.3 is 0 Å². The fraction of sp³-hybridized carbons (Fsp3) is 0.333. The first-order chi connectivity index (χ1) is 23.9. The fourth-order valence-corrected chi connectivity index (χ4v) is 6.76. The number of likely N-dealkylation sites (tertiary alicyclic amines) is 1. The second-order valence-electron chi connectivity index (χ2n) is 11.9. The number of aromatic amines is 1. The third-order valence-corrected chi connectivity index (χ3v) is 9.74. The van der Waals surface area contributed by atoms with E-state index in [2.05, 4.69) is 72.1 Å². The second kappa shape index (κ2) is 15.9. The van der Waals surface area contributed by atoms with Crippen molar-refractivity contribution in [3.05, 3.63) is 78.8 Å². The highest BCUT2D eigenvalue weighted by atomic mass is 32.2. The van der Waals surface area contributed by atoms with Crippen molar-refractivity contribution in [2.45, 2.75) is 25.0 Å². The van der Waals surface area contributed by atoms with Gasteiger partial charge < -0.3 is 15.0 Å². The van der Waals surface area contributed by atoms with Crippen LogP contribution in [0.5, 0.6) is 5.88 Å². The van der Waals surface area contributed by atoms with Crippen molar-refractivity contribution in [2.24, 2.45) is 7.05 Å². The van der Waals surface area contributed by atoms with Crippen LogP contribution in [0.3, 0.4) is 0 Å². The Labute approximate surface area is 290 Å². The number of benzene rings is 2. The van der Waals surface area contributed by atoms with Crippen LogP contribution in [0.2, 0.25) is 0 Å². The molecular formula is C36H41N9O3S. The van der Waals surface area contributed by atoms with Crippen LogP contribution in [0, 0.1) is 0 Å². The molecule has 2 aliphatic heterocycles. The summed E-state index contributed by atoms with van der Waals surface area (Å²) in [6.07, 6.45) is 10.5. The molecule has 1 saturated heterocycles. The van der Waals surface area contributed by atoms with Crippen LogP contribution < -0.4 is 10.1 Å². The number of pyridine rings is 1. The minimum absolute atomic E-state index is 0.258. The predicted octanol–water partition coefficient (Wildman–Crippen LogP) is 5.13. The van der Waals surface area contributed by atoms with Crippen LogP contribution in [0.4, 0.5) is 5.69 Å². The molecule has 49 heavy (non-hydrogen) atoms. The molecule has 2 aliphatic rings. The predicted molar refractivity (Wildman–Crippen MR) is 194 cm³/mol. The van der Waals surface area contributed by atoms with Crippen LogP contribution in [-0.2, 0) is 16.6 Å². The molecule has 0 unspecified atom stereocenters. The maximum Gasteiger partial charge on any atom is 0.237 e. The molecule has 3 aromatic heterocycles. The number of carbonyl (C=O) groups is 2. The normalized spacial score (nSPS) is 16.2. The van der Waals surface area contributed by atoms with E-state index in [0.717, 1.165) is 65.3 Å². The molecule has 0 bridgehead atoms. The second-order valence-corrected chi connectivity index (χ2v) is 13.1. The Morgan fingerprint density at radius 2 is 1.92 bits per heavy atom. The number of aryl methyl sites for hydroxylation is 1. The summed E-state index contributed by atoms with van der Waals surface area (Å²) in [7, 11) is 1.87. The quantitative estimate of drug-likeness (QED) is 0.193. The van der Waals surface area contributed by atoms with Crippen LogP contribution >= 0.6 is 11.8 Å². The highest BCUT2D eigenvalue weighted by Crippen LogP contribution is 2.30. The van der Waals surface area contributed by atoms with Crippen molar-refractivity contribution in [3.8, 4) is 28.5 Å². The topological polar surface area (TPSA) is 134 Å². The molecule has 1 atom stereocenters. The summed E-state index contributed by atoms with van der Waals surface area (Å²) in [5.74, 6) is 1.57. The fourth-order valence-electron chi connectivity index (χ4n) is 6.06. The molecule has 1 fully saturated rings. The number of rotatable bonds is 10. The molecule has 0 spiro atoms. The summed E-state index contributed by atoms with van der Waals surface area (Å²) in [5, 5.41) is 15.9. The molecule has 0 aliphatic carbocycles. The first kappa shape index (κ1) is 33.9. The number of thioether (sulfide) groups is 1. The van der Waals surface area contributed by atoms with E-state index < -0.39 is 0 Å². The van der Waals surface area contributed by atoms with Gasteiger partial charge in [0.2, 0.25) is 18.2 Å². The monoisotopic (exact) mass is 679 g/mol. The van der Waals surface area contributed by atoms with Gasteiger partial charge in [0, 0.05) is 66.4 Å². The molecule has 12 nitrogen and oxygen atoms in total. The minimum Gasteiger partial charge on any atom is -0.478 e. The number of ether oxygens (including phenoxy) is 1. The van der Waals surface area contributed by atoms with Gasteiger partial charge in [-0.1, -0.05) is 30.3 Å². The van der Waals surface area contributed by atoms with Gasteiger partial charge in [0.15, 0.2) is 5.82 Å². The Morgan fingerprint density at radius 1 is 1.08 bits per heavy atom. The van der Waals surface area contributed by atoms with Crippen LogP contribution in [-0.4, -0.2) is 103 Å². The molecule has 254 valence electrons. The number of aromatic nitrogens is 6. The first-order valence-electron chi connectivity index (χ1n) is 16.4. The summed E-state index contributed by atoms with van der Waals surface area (Å²) in [6, 6.07) is 17.7. The van der Waals surface area contributed by atoms with Crippen molar-refractivity contribution in [2.75, 3.05) is 50.9 Å². The lowest BCUT2D eigenvalue weighted by Gasteiger charge is -2.28. The summed E-state index contributed by atoms with van der Waals surface area (Å²) < 4.78 is 7.12. The van der Waals surface area contributed by atoms with E-state index in [-0.39, 0.29) is 5.91 Å². The maximum atomic E-state index is 12.6. The van der Waals surface area contributed by atoms with E-state index in [4.69, 9.17) is 4.74 Å². The van der Waals surface area contributed by atoms with Gasteiger partial charge in [-0.3, -0.25) is 24.3 Å². The lowest BCUT2D eigenvalue weighted by molar-refractivity contribution is -0.131. The smallest absolute Gasteiger partial charge is 0.237 e. The highest BCUT2D eigenvalue weighted by Gasteiger charge is 2.26. The van der Waals surface area contributed by atoms with Gasteiger partial charge in [-0.05, 0) is 68.0 Å². The van der Waals surface area contributed by atoms with Crippen molar-refractivity contribution < 1.29 is 14.3 Å². The zero-order chi connectivity index (χ0) is 34.2. The molecule has 13 heteroatoms. The number of amides is 2. The number of nitrogens with zero attached hydrogens (tertiary/aromatic N) is 7. The third kappa shape index (κ3) is 8.35. The average Bonchev–Trinajstić information content (AvgIpc) is 3.89. The van der Waals surface area contributed by atoms with Crippen molar-refractivity contribution >= 4 is 46.2 Å². The molecule has 5 heterocycles. The number of fused-ring (bicyclic) bond motifs is 1. The Morgan fingerprint density at radius 3 is 2.61 bits per heavy atom. The van der Waals surface area contributed by atoms with Crippen molar-refractivity contribution in [1.82, 2.24) is 39.7 Å². The molecule has 5 aromatic rings. The van der Waals surface area contributed by atoms with E-state index in [1.807, 2.05) is 61.0 Å². The van der Waals surface area contributed by atoms with Crippen LogP contribution in [0.1, 0.15) is 25.3 Å². The van der Waals surface area contributed by atoms with Gasteiger partial charge in [0.25, 0.3) is 0 Å². The van der Waals surface area contributed by atoms with E-state index in [0.29, 0.717) is 37.2 Å². The van der Waals surface area contributed by atoms with Gasteiger partial charge in [-0.15, -0.1) is 0 Å². The average molecular weight is 680 g/mol. The van der Waals surface area contributed by atoms with E-state index >= 15 is 0 Å². The maximum absolute atomic E-state index is 12.6. The summed E-state index contributed by atoms with van der Waals surface area (Å²) >= 11 is 1.91. The Balaban J connectivity index is 0.000000177. The van der Waals surface area contributed by atoms with Gasteiger partial charge in [0.1, 0.15) is 12.0 Å². The standard InChI is InChI=1S/C21H27N5OS.C15H14N4O2/c1-24-15-22-21(23-24)18-5-3-16(4-6-18)17-7-11-26(12-8-17)20(27)14-25-10-9-19(13-25)28-2;1-2-21-14-7-10(5-6-16-14)15-12-8-11(17-9-20)3-4-13(12)18-19-15/h3-7,15,19H,8-14H2,1-2H3;3-9H,2H2,1H3,(H,17,20)(H,18,19)/t19-;/m0./s1. The summed E-state index contributed by atoms with van der Waals surface area (Å²) in [5.41, 5.74) is 6.87. The molecule has 7 rings (SSSR count). The number of hydrogen-bond donors (Lipinski definition) is 2. The SMILES string of the molecule is CCOc1cc(-c2n[nH]c3ccc(NC=O)cc23)ccn1.CS[C@H]1CCN(CC(=O)N2CC=C(c3ccc(-c4ncn(C)n4)cc3)CC2)C1. The lowest BCUT2D eigenvalue weighted by atomic mass is 9.98. The molecule has 2 amide bonds. The Hall–Kier alpha value is -5.01. The van der Waals surface area contributed by atoms with Crippen LogP contribution in [0.15, 0.2) is 73.2 Å². The van der Waals surface area contributed by atoms with Crippen molar-refractivity contribution in [3.63, 3.8) is 0 Å². The summed E-state index contributed by atoms with van der Waals surface area (Å²) in [4.78, 5) is 35.9. The zero-order valence-electron chi connectivity index (χ0n) is 28.0. The number of carbonyl (C=O) groups excluding carboxylic acids is 2. The third-order valence-electron chi connectivity index (χ3n) is 8.69. The van der Waals surface area contributed by atoms with Crippen LogP contribution in [0.25, 0.3) is 39.1 Å². The van der Waals surface area contributed by atoms with E-state index in [9.17, 15) is 9.59 Å². The number of H-pyrrole nitrogens is 1. The van der Waals surface area contributed by atoms with Gasteiger partial charge in [-0.25, -0.2) is 9.97 Å². The number of nitrogens with one attached hydrogen (secondary N) is 2. The minimum atomic E-state index is 0.258. The largest absolute Gasteiger partial charge is 0.478 e. The number of anilines is 1. The van der Waals surface area contributed by atoms with Gasteiger partial charge in [0.05, 0.1) is 18.7 Å². The molecule has 0 radical (unpaired) electrons. The molecular weight excluding hydrogens is 639 g/mol. The molecule has 2 aromatic carbocycles. The highest BCUT2D eigenvalue weighted by molar-refractivity contribution is 7.99. The zero-order valence-corrected chi connectivity index (χ0v) is 28.8. The number of hydrogen-bond acceptors (Lipinski definition) is 9. The van der Waals surface area contributed by atoms with Gasteiger partial charge in [-0.2, -0.15) is 22.0 Å².